The summed E-state index contributed by atoms with van der Waals surface area (Å²) < 4.78 is 97.4. The van der Waals surface area contributed by atoms with Gasteiger partial charge in [-0.2, -0.15) is 36.5 Å². The second-order valence-corrected chi connectivity index (χ2v) is 16.8. The highest BCUT2D eigenvalue weighted by Gasteiger charge is 2.34. The fourth-order valence-electron chi connectivity index (χ4n) is 8.57. The second-order valence-electron chi connectivity index (χ2n) is 16.8. The summed E-state index contributed by atoms with van der Waals surface area (Å²) in [7, 11) is 3.12. The topological polar surface area (TPSA) is 141 Å². The Morgan fingerprint density at radius 3 is 1.36 bits per heavy atom. The molecule has 2 aliphatic rings. The minimum Gasteiger partial charge on any atom is -0.479 e. The number of hydrogen-bond acceptors (Lipinski definition) is 10. The van der Waals surface area contributed by atoms with E-state index in [-0.39, 0.29) is 11.8 Å². The molecular formula is C50H46F6N12O2. The number of halogens is 6. The standard InChI is InChI=1S/2C25H23F3N6O/c2*1-16-14-33(15-29-16)21-10-8-19(30-24(21)35-2)9-11-22-31-23-20(7-4-12-34(23)32-22)17-5-3-6-18(13-17)25(26,27)28/h2*3,5-6,8-11,13-15,20H,4,7,12H2,1-2H3/b2*11-9+/t2*20-/m10/s1. The average molecular weight is 961 g/mol. The number of nitrogens with zero attached hydrogens (tertiary/aromatic N) is 12. The van der Waals surface area contributed by atoms with Crippen LogP contribution >= 0.6 is 0 Å². The van der Waals surface area contributed by atoms with Gasteiger partial charge in [-0.25, -0.2) is 39.3 Å². The number of alkyl halides is 6. The number of rotatable bonds is 10. The normalized spacial score (nSPS) is 16.0. The van der Waals surface area contributed by atoms with E-state index in [4.69, 9.17) is 9.47 Å². The van der Waals surface area contributed by atoms with Crippen LogP contribution in [0.2, 0.25) is 0 Å². The first kappa shape index (κ1) is 47.2. The molecule has 2 aromatic carbocycles. The van der Waals surface area contributed by atoms with Gasteiger partial charge in [0.25, 0.3) is 0 Å². The van der Waals surface area contributed by atoms with Crippen molar-refractivity contribution < 1.29 is 35.8 Å². The Morgan fingerprint density at radius 2 is 0.986 bits per heavy atom. The Morgan fingerprint density at radius 1 is 0.557 bits per heavy atom. The van der Waals surface area contributed by atoms with E-state index in [9.17, 15) is 26.3 Å². The predicted octanol–water partition coefficient (Wildman–Crippen LogP) is 10.6. The molecule has 0 N–H and O–H groups in total. The van der Waals surface area contributed by atoms with Crippen molar-refractivity contribution in [2.24, 2.45) is 0 Å². The molecule has 0 aliphatic carbocycles. The molecule has 10 rings (SSSR count). The highest BCUT2D eigenvalue weighted by atomic mass is 19.4. The number of aryl methyl sites for hydroxylation is 4. The van der Waals surface area contributed by atoms with Crippen LogP contribution in [0.3, 0.4) is 0 Å². The maximum absolute atomic E-state index is 13.2. The summed E-state index contributed by atoms with van der Waals surface area (Å²) in [6, 6.07) is 18.4. The number of ether oxygens (including phenoxy) is 2. The van der Waals surface area contributed by atoms with E-state index in [2.05, 4.69) is 40.1 Å². The lowest BCUT2D eigenvalue weighted by atomic mass is 9.90. The molecule has 8 aromatic rings. The number of imidazole rings is 2. The van der Waals surface area contributed by atoms with Gasteiger partial charge >= 0.3 is 12.4 Å². The first-order chi connectivity index (χ1) is 33.6. The molecule has 14 nitrogen and oxygen atoms in total. The van der Waals surface area contributed by atoms with Gasteiger partial charge in [-0.3, -0.25) is 0 Å². The summed E-state index contributed by atoms with van der Waals surface area (Å²) in [6.45, 7) is 5.17. The third-order valence-corrected chi connectivity index (χ3v) is 11.9. The Balaban J connectivity index is 0.000000174. The molecule has 20 heteroatoms. The second kappa shape index (κ2) is 19.6. The van der Waals surface area contributed by atoms with Crippen LogP contribution in [0.4, 0.5) is 26.3 Å². The molecule has 0 spiro atoms. The lowest BCUT2D eigenvalue weighted by Crippen LogP contribution is -2.18. The largest absolute Gasteiger partial charge is 0.479 e. The van der Waals surface area contributed by atoms with Crippen molar-refractivity contribution in [3.63, 3.8) is 0 Å². The monoisotopic (exact) mass is 960 g/mol. The zero-order valence-electron chi connectivity index (χ0n) is 38.4. The number of hydrogen-bond donors (Lipinski definition) is 0. The minimum atomic E-state index is -4.38. The first-order valence-electron chi connectivity index (χ1n) is 22.4. The third kappa shape index (κ3) is 10.4. The maximum Gasteiger partial charge on any atom is 0.416 e. The summed E-state index contributed by atoms with van der Waals surface area (Å²) >= 11 is 0. The molecule has 8 heterocycles. The van der Waals surface area contributed by atoms with Gasteiger partial charge in [-0.1, -0.05) is 36.4 Å². The van der Waals surface area contributed by atoms with Crippen molar-refractivity contribution in [1.29, 1.82) is 0 Å². The van der Waals surface area contributed by atoms with Gasteiger partial charge in [-0.05, 0) is 111 Å². The molecule has 360 valence electrons. The van der Waals surface area contributed by atoms with Gasteiger partial charge < -0.3 is 18.6 Å². The number of aromatic nitrogens is 12. The zero-order chi connectivity index (χ0) is 49.2. The van der Waals surface area contributed by atoms with E-state index in [1.807, 2.05) is 59.6 Å². The Kier molecular flexibility index (Phi) is 13.2. The third-order valence-electron chi connectivity index (χ3n) is 11.9. The molecule has 6 aromatic heterocycles. The van der Waals surface area contributed by atoms with Crippen LogP contribution in [0.1, 0.15) is 106 Å². The SMILES string of the molecule is COc1nc(/C=C/c2nc3n(n2)CCC[C@@H]3c2cccc(C(F)(F)F)c2)ccc1-n1cnc(C)c1.COc1nc(/C=C/c2nc3n(n2)CCC[C@H]3c2cccc(C(F)(F)F)c2)ccc1-n1cnc(C)c1. The van der Waals surface area contributed by atoms with Crippen LogP contribution in [0.25, 0.3) is 35.7 Å². The zero-order valence-corrected chi connectivity index (χ0v) is 38.4. The predicted molar refractivity (Wildman–Crippen MR) is 248 cm³/mol. The Bertz CT molecular complexity index is 2990. The van der Waals surface area contributed by atoms with Crippen molar-refractivity contribution in [2.45, 2.75) is 76.8 Å². The van der Waals surface area contributed by atoms with Gasteiger partial charge in [-0.15, -0.1) is 0 Å². The quantitative estimate of drug-likeness (QED) is 0.122. The summed E-state index contributed by atoms with van der Waals surface area (Å²) in [5.74, 6) is 2.73. The van der Waals surface area contributed by atoms with E-state index in [1.54, 1.807) is 72.7 Å². The fourth-order valence-corrected chi connectivity index (χ4v) is 8.57. The first-order valence-corrected chi connectivity index (χ1v) is 22.4. The molecule has 0 amide bonds. The molecule has 0 bridgehead atoms. The van der Waals surface area contributed by atoms with Crippen LogP contribution in [0.15, 0.2) is 97.8 Å². The van der Waals surface area contributed by atoms with E-state index in [0.29, 0.717) is 70.7 Å². The summed E-state index contributed by atoms with van der Waals surface area (Å²) in [4.78, 5) is 26.8. The van der Waals surface area contributed by atoms with Gasteiger partial charge in [0.2, 0.25) is 11.8 Å². The molecule has 0 unspecified atom stereocenters. The smallest absolute Gasteiger partial charge is 0.416 e. The number of fused-ring (bicyclic) bond motifs is 2. The number of pyridine rings is 2. The molecule has 0 fully saturated rings. The molecule has 0 radical (unpaired) electrons. The molecule has 0 saturated carbocycles. The summed E-state index contributed by atoms with van der Waals surface area (Å²) in [6.07, 6.45) is 8.53. The van der Waals surface area contributed by atoms with E-state index in [0.717, 1.165) is 60.6 Å². The lowest BCUT2D eigenvalue weighted by molar-refractivity contribution is -0.138. The van der Waals surface area contributed by atoms with Crippen LogP contribution in [0.5, 0.6) is 11.8 Å². The van der Waals surface area contributed by atoms with Gasteiger partial charge in [0, 0.05) is 37.3 Å². The number of benzene rings is 2. The maximum atomic E-state index is 13.2. The van der Waals surface area contributed by atoms with Crippen molar-refractivity contribution in [3.05, 3.63) is 166 Å². The fraction of sp³-hybridized carbons (Fsp3) is 0.280. The van der Waals surface area contributed by atoms with Crippen molar-refractivity contribution in [1.82, 2.24) is 58.6 Å². The highest BCUT2D eigenvalue weighted by molar-refractivity contribution is 5.67. The lowest BCUT2D eigenvalue weighted by Gasteiger charge is -2.23. The van der Waals surface area contributed by atoms with Crippen molar-refractivity contribution in [3.8, 4) is 23.1 Å². The van der Waals surface area contributed by atoms with Crippen molar-refractivity contribution in [2.75, 3.05) is 14.2 Å². The summed E-state index contributed by atoms with van der Waals surface area (Å²) in [5.41, 5.74) is 4.51. The molecule has 2 aliphatic heterocycles. The number of methoxy groups -OCH3 is 2. The molecule has 2 atom stereocenters. The van der Waals surface area contributed by atoms with Crippen LogP contribution in [-0.4, -0.2) is 72.8 Å². The summed E-state index contributed by atoms with van der Waals surface area (Å²) in [5, 5.41) is 9.10. The average Bonchev–Trinajstić information content (AvgIpc) is 4.19. The van der Waals surface area contributed by atoms with E-state index < -0.39 is 23.5 Å². The van der Waals surface area contributed by atoms with E-state index >= 15 is 0 Å². The van der Waals surface area contributed by atoms with E-state index in [1.165, 1.54) is 24.3 Å². The Hall–Kier alpha value is -7.90. The minimum absolute atomic E-state index is 0.239. The van der Waals surface area contributed by atoms with Crippen LogP contribution < -0.4 is 9.47 Å². The molecule has 70 heavy (non-hydrogen) atoms. The molecular weight excluding hydrogens is 915 g/mol. The Labute approximate surface area is 398 Å². The van der Waals surface area contributed by atoms with Gasteiger partial charge in [0.05, 0.1) is 60.8 Å². The van der Waals surface area contributed by atoms with Crippen LogP contribution in [0, 0.1) is 13.8 Å². The van der Waals surface area contributed by atoms with Crippen LogP contribution in [-0.2, 0) is 25.4 Å². The van der Waals surface area contributed by atoms with Crippen molar-refractivity contribution >= 4 is 24.3 Å². The molecule has 0 saturated heterocycles. The highest BCUT2D eigenvalue weighted by Crippen LogP contribution is 2.38. The van der Waals surface area contributed by atoms with Gasteiger partial charge in [0.15, 0.2) is 11.6 Å². The van der Waals surface area contributed by atoms with Gasteiger partial charge in [0.1, 0.15) is 23.0 Å².